The molecule has 0 aliphatic heterocycles. The monoisotopic (exact) mass is 277 g/mol. The van der Waals surface area contributed by atoms with Crippen LogP contribution in [0.3, 0.4) is 0 Å². The Hall–Kier alpha value is -1.62. The number of alkyl halides is 2. The quantitative estimate of drug-likeness (QED) is 0.615. The third kappa shape index (κ3) is 2.24. The smallest absolute Gasteiger partial charge is 0.358 e. The van der Waals surface area contributed by atoms with Crippen molar-refractivity contribution in [2.75, 3.05) is 0 Å². The van der Waals surface area contributed by atoms with Crippen molar-refractivity contribution >= 4 is 21.7 Å². The lowest BCUT2D eigenvalue weighted by Gasteiger charge is -2.01. The fourth-order valence-corrected chi connectivity index (χ4v) is 1.46. The highest BCUT2D eigenvalue weighted by Gasteiger charge is 2.25. The first-order chi connectivity index (χ1) is 6.97. The molecule has 15 heavy (non-hydrogen) atoms. The second kappa shape index (κ2) is 4.27. The molecule has 0 saturated carbocycles. The predicted molar refractivity (Wildman–Crippen MR) is 48.3 cm³/mol. The molecule has 0 aliphatic rings. The van der Waals surface area contributed by atoms with Gasteiger partial charge in [0.25, 0.3) is 12.1 Å². The van der Waals surface area contributed by atoms with Crippen molar-refractivity contribution < 1.29 is 13.7 Å². The number of hydrogen-bond donors (Lipinski definition) is 0. The summed E-state index contributed by atoms with van der Waals surface area (Å²) in [7, 11) is 0. The number of halogens is 3. The Balaban J connectivity index is 3.46. The van der Waals surface area contributed by atoms with Crippen LogP contribution in [-0.2, 0) is 0 Å². The van der Waals surface area contributed by atoms with Gasteiger partial charge in [-0.1, -0.05) is 0 Å². The number of nitriles is 1. The summed E-state index contributed by atoms with van der Waals surface area (Å²) in [5, 5.41) is 18.8. The fraction of sp³-hybridized carbons (Fsp3) is 0.143. The van der Waals surface area contributed by atoms with Gasteiger partial charge in [-0.2, -0.15) is 5.26 Å². The standard InChI is InChI=1S/C7H2BrF2N3O2/c8-3-1-5(13(14)15)12-4(2-11)6(3)7(9)10/h1,7H. The summed E-state index contributed by atoms with van der Waals surface area (Å²) >= 11 is 2.73. The third-order valence-corrected chi connectivity index (χ3v) is 2.16. The highest BCUT2D eigenvalue weighted by atomic mass is 79.9. The van der Waals surface area contributed by atoms with E-state index in [-0.39, 0.29) is 4.47 Å². The van der Waals surface area contributed by atoms with Gasteiger partial charge in [0.2, 0.25) is 0 Å². The lowest BCUT2D eigenvalue weighted by atomic mass is 10.2. The zero-order valence-electron chi connectivity index (χ0n) is 6.95. The van der Waals surface area contributed by atoms with Crippen molar-refractivity contribution in [3.63, 3.8) is 0 Å². The van der Waals surface area contributed by atoms with Crippen LogP contribution in [0.15, 0.2) is 10.5 Å². The molecular formula is C7H2BrF2N3O2. The van der Waals surface area contributed by atoms with E-state index < -0.39 is 28.4 Å². The van der Waals surface area contributed by atoms with Crippen molar-refractivity contribution in [1.29, 1.82) is 5.26 Å². The molecule has 0 amide bonds. The third-order valence-electron chi connectivity index (χ3n) is 1.51. The largest absolute Gasteiger partial charge is 0.366 e. The minimum absolute atomic E-state index is 0.198. The van der Waals surface area contributed by atoms with E-state index in [0.717, 1.165) is 6.07 Å². The average molecular weight is 278 g/mol. The van der Waals surface area contributed by atoms with Gasteiger partial charge in [-0.25, -0.2) is 8.78 Å². The summed E-state index contributed by atoms with van der Waals surface area (Å²) in [5.41, 5.74) is -1.28. The summed E-state index contributed by atoms with van der Waals surface area (Å²) in [5.74, 6) is -0.650. The topological polar surface area (TPSA) is 79.8 Å². The molecular weight excluding hydrogens is 276 g/mol. The van der Waals surface area contributed by atoms with E-state index in [2.05, 4.69) is 20.9 Å². The van der Waals surface area contributed by atoms with Crippen LogP contribution in [0.5, 0.6) is 0 Å². The molecule has 1 heterocycles. The van der Waals surface area contributed by atoms with E-state index >= 15 is 0 Å². The van der Waals surface area contributed by atoms with Crippen molar-refractivity contribution in [2.45, 2.75) is 6.43 Å². The van der Waals surface area contributed by atoms with Crippen LogP contribution >= 0.6 is 15.9 Å². The molecule has 78 valence electrons. The lowest BCUT2D eigenvalue weighted by molar-refractivity contribution is -0.389. The molecule has 0 N–H and O–H groups in total. The van der Waals surface area contributed by atoms with Crippen LogP contribution in [0.4, 0.5) is 14.6 Å². The van der Waals surface area contributed by atoms with E-state index in [0.29, 0.717) is 0 Å². The Morgan fingerprint density at radius 2 is 2.27 bits per heavy atom. The Morgan fingerprint density at radius 1 is 1.67 bits per heavy atom. The zero-order chi connectivity index (χ0) is 11.6. The van der Waals surface area contributed by atoms with Crippen LogP contribution in [0, 0.1) is 21.4 Å². The molecule has 0 aliphatic carbocycles. The first-order valence-corrected chi connectivity index (χ1v) is 4.29. The second-order valence-corrected chi connectivity index (χ2v) is 3.25. The Labute approximate surface area is 90.6 Å². The normalized spacial score (nSPS) is 10.1. The minimum atomic E-state index is -2.91. The number of pyridine rings is 1. The summed E-state index contributed by atoms with van der Waals surface area (Å²) in [6.45, 7) is 0. The number of nitro groups is 1. The van der Waals surface area contributed by atoms with Crippen LogP contribution in [-0.4, -0.2) is 9.91 Å². The first kappa shape index (κ1) is 11.5. The van der Waals surface area contributed by atoms with Crippen LogP contribution in [0.1, 0.15) is 17.7 Å². The molecule has 0 unspecified atom stereocenters. The van der Waals surface area contributed by atoms with E-state index in [1.807, 2.05) is 0 Å². The maximum atomic E-state index is 12.4. The second-order valence-electron chi connectivity index (χ2n) is 2.39. The van der Waals surface area contributed by atoms with Crippen molar-refractivity contribution in [1.82, 2.24) is 4.98 Å². The highest BCUT2D eigenvalue weighted by Crippen LogP contribution is 2.31. The molecule has 1 aromatic heterocycles. The molecule has 0 saturated heterocycles. The number of aromatic nitrogens is 1. The number of rotatable bonds is 2. The molecule has 0 aromatic carbocycles. The maximum Gasteiger partial charge on any atom is 0.366 e. The molecule has 5 nitrogen and oxygen atoms in total. The molecule has 8 heteroatoms. The molecule has 0 spiro atoms. The zero-order valence-corrected chi connectivity index (χ0v) is 8.53. The Bertz CT molecular complexity index is 458. The molecule has 0 fully saturated rings. The Morgan fingerprint density at radius 3 is 2.67 bits per heavy atom. The van der Waals surface area contributed by atoms with Gasteiger partial charge in [0.05, 0.1) is 11.6 Å². The minimum Gasteiger partial charge on any atom is -0.358 e. The van der Waals surface area contributed by atoms with Gasteiger partial charge in [-0.3, -0.25) is 0 Å². The van der Waals surface area contributed by atoms with Gasteiger partial charge in [0, 0.05) is 4.47 Å². The predicted octanol–water partition coefficient (Wildman–Crippen LogP) is 2.56. The summed E-state index contributed by atoms with van der Waals surface area (Å²) in [4.78, 5) is 12.7. The van der Waals surface area contributed by atoms with Crippen LogP contribution in [0.2, 0.25) is 0 Å². The van der Waals surface area contributed by atoms with Gasteiger partial charge in [-0.15, -0.1) is 0 Å². The van der Waals surface area contributed by atoms with Crippen molar-refractivity contribution in [2.24, 2.45) is 0 Å². The molecule has 0 radical (unpaired) electrons. The summed E-state index contributed by atoms with van der Waals surface area (Å²) in [6.07, 6.45) is -2.91. The van der Waals surface area contributed by atoms with E-state index in [9.17, 15) is 18.9 Å². The molecule has 0 atom stereocenters. The maximum absolute atomic E-state index is 12.4. The van der Waals surface area contributed by atoms with Crippen molar-refractivity contribution in [3.05, 3.63) is 31.9 Å². The summed E-state index contributed by atoms with van der Waals surface area (Å²) < 4.78 is 24.6. The summed E-state index contributed by atoms with van der Waals surface area (Å²) in [6, 6.07) is 2.22. The average Bonchev–Trinajstić information content (AvgIpc) is 2.15. The number of hydrogen-bond acceptors (Lipinski definition) is 4. The van der Waals surface area contributed by atoms with Crippen LogP contribution < -0.4 is 0 Å². The van der Waals surface area contributed by atoms with E-state index in [4.69, 9.17) is 5.26 Å². The van der Waals surface area contributed by atoms with Gasteiger partial charge >= 0.3 is 5.82 Å². The van der Waals surface area contributed by atoms with E-state index in [1.165, 1.54) is 6.07 Å². The highest BCUT2D eigenvalue weighted by molar-refractivity contribution is 9.10. The van der Waals surface area contributed by atoms with Gasteiger partial charge < -0.3 is 10.1 Å². The molecule has 1 rings (SSSR count). The Kier molecular flexibility index (Phi) is 3.26. The first-order valence-electron chi connectivity index (χ1n) is 3.50. The van der Waals surface area contributed by atoms with Gasteiger partial charge in [0.1, 0.15) is 6.07 Å². The number of nitrogens with zero attached hydrogens (tertiary/aromatic N) is 3. The van der Waals surface area contributed by atoms with Crippen molar-refractivity contribution in [3.8, 4) is 6.07 Å². The van der Waals surface area contributed by atoms with Crippen LogP contribution in [0.25, 0.3) is 0 Å². The molecule has 0 bridgehead atoms. The SMILES string of the molecule is N#Cc1nc([N+](=O)[O-])cc(Br)c1C(F)F. The molecule has 1 aromatic rings. The lowest BCUT2D eigenvalue weighted by Crippen LogP contribution is -2.00. The van der Waals surface area contributed by atoms with E-state index in [1.54, 1.807) is 0 Å². The van der Waals surface area contributed by atoms with Gasteiger partial charge in [-0.05, 0) is 25.8 Å². The fourth-order valence-electron chi connectivity index (χ4n) is 0.898. The van der Waals surface area contributed by atoms with Gasteiger partial charge in [0.15, 0.2) is 0 Å².